The first kappa shape index (κ1) is 18.0. The van der Waals surface area contributed by atoms with Crippen LogP contribution in [-0.2, 0) is 12.8 Å². The second-order valence-corrected chi connectivity index (χ2v) is 8.95. The SMILES string of the molecule is CCCCNc1nc2c(s1)-c1ccc([C@H]3CC[C@](N)(CO)C3)cc1CC2. The molecule has 0 spiro atoms. The van der Waals surface area contributed by atoms with Crippen molar-refractivity contribution in [2.24, 2.45) is 5.73 Å². The van der Waals surface area contributed by atoms with Crippen LogP contribution in [0.4, 0.5) is 5.13 Å². The second-order valence-electron chi connectivity index (χ2n) is 7.95. The van der Waals surface area contributed by atoms with Gasteiger partial charge in [-0.05, 0) is 61.1 Å². The van der Waals surface area contributed by atoms with Gasteiger partial charge >= 0.3 is 0 Å². The number of nitrogens with two attached hydrogens (primary N) is 1. The van der Waals surface area contributed by atoms with E-state index in [1.165, 1.54) is 40.1 Å². The number of aliphatic hydroxyl groups excluding tert-OH is 1. The first-order valence-electron chi connectivity index (χ1n) is 9.88. The lowest BCUT2D eigenvalue weighted by atomic mass is 9.87. The van der Waals surface area contributed by atoms with Crippen molar-refractivity contribution in [3.63, 3.8) is 0 Å². The molecule has 26 heavy (non-hydrogen) atoms. The van der Waals surface area contributed by atoms with Crippen molar-refractivity contribution in [3.05, 3.63) is 35.0 Å². The van der Waals surface area contributed by atoms with Crippen molar-refractivity contribution in [2.45, 2.75) is 63.3 Å². The molecule has 0 amide bonds. The highest BCUT2D eigenvalue weighted by molar-refractivity contribution is 7.19. The number of aliphatic hydroxyl groups is 1. The molecule has 1 fully saturated rings. The first-order chi connectivity index (χ1) is 12.6. The van der Waals surface area contributed by atoms with Crippen LogP contribution in [-0.4, -0.2) is 28.8 Å². The van der Waals surface area contributed by atoms with Gasteiger partial charge in [0.2, 0.25) is 0 Å². The fourth-order valence-corrected chi connectivity index (χ4v) is 5.41. The number of nitrogens with zero attached hydrogens (tertiary/aromatic N) is 1. The Morgan fingerprint density at radius 1 is 1.38 bits per heavy atom. The number of hydrogen-bond acceptors (Lipinski definition) is 5. The molecule has 2 atom stereocenters. The third-order valence-corrected chi connectivity index (χ3v) is 7.03. The molecule has 140 valence electrons. The Morgan fingerprint density at radius 3 is 3.04 bits per heavy atom. The molecule has 1 aromatic heterocycles. The molecule has 4 nitrogen and oxygen atoms in total. The van der Waals surface area contributed by atoms with Crippen LogP contribution in [0.3, 0.4) is 0 Å². The van der Waals surface area contributed by atoms with Crippen molar-refractivity contribution < 1.29 is 5.11 Å². The molecule has 1 saturated carbocycles. The quantitative estimate of drug-likeness (QED) is 0.669. The van der Waals surface area contributed by atoms with E-state index in [-0.39, 0.29) is 12.1 Å². The number of hydrogen-bond donors (Lipinski definition) is 3. The average molecular weight is 372 g/mol. The summed E-state index contributed by atoms with van der Waals surface area (Å²) in [6.07, 6.45) is 7.35. The van der Waals surface area contributed by atoms with Crippen LogP contribution in [0.15, 0.2) is 18.2 Å². The van der Waals surface area contributed by atoms with Crippen molar-refractivity contribution in [1.82, 2.24) is 4.98 Å². The van der Waals surface area contributed by atoms with E-state index in [2.05, 4.69) is 30.4 Å². The van der Waals surface area contributed by atoms with E-state index < -0.39 is 0 Å². The van der Waals surface area contributed by atoms with Crippen molar-refractivity contribution >= 4 is 16.5 Å². The topological polar surface area (TPSA) is 71.2 Å². The number of benzene rings is 1. The molecule has 2 aromatic rings. The number of thiazole rings is 1. The summed E-state index contributed by atoms with van der Waals surface area (Å²) in [4.78, 5) is 6.15. The fourth-order valence-electron chi connectivity index (χ4n) is 4.31. The van der Waals surface area contributed by atoms with Crippen LogP contribution >= 0.6 is 11.3 Å². The van der Waals surface area contributed by atoms with Gasteiger partial charge in [0.1, 0.15) is 0 Å². The van der Waals surface area contributed by atoms with Crippen LogP contribution in [0, 0.1) is 0 Å². The molecule has 4 rings (SSSR count). The van der Waals surface area contributed by atoms with E-state index in [0.717, 1.165) is 43.8 Å². The summed E-state index contributed by atoms with van der Waals surface area (Å²) in [6, 6.07) is 6.94. The van der Waals surface area contributed by atoms with E-state index in [1.54, 1.807) is 11.3 Å². The van der Waals surface area contributed by atoms with Crippen LogP contribution in [0.1, 0.15) is 61.8 Å². The molecule has 0 saturated heterocycles. The smallest absolute Gasteiger partial charge is 0.183 e. The summed E-state index contributed by atoms with van der Waals surface area (Å²) in [7, 11) is 0. The zero-order chi connectivity index (χ0) is 18.1. The maximum absolute atomic E-state index is 9.53. The van der Waals surface area contributed by atoms with Gasteiger partial charge in [-0.15, -0.1) is 0 Å². The lowest BCUT2D eigenvalue weighted by molar-refractivity contribution is 0.198. The maximum Gasteiger partial charge on any atom is 0.183 e. The Balaban J connectivity index is 1.55. The largest absolute Gasteiger partial charge is 0.394 e. The molecule has 0 unspecified atom stereocenters. The van der Waals surface area contributed by atoms with E-state index in [4.69, 9.17) is 10.7 Å². The molecular formula is C21H29N3OS. The third kappa shape index (κ3) is 3.40. The summed E-state index contributed by atoms with van der Waals surface area (Å²) in [5.74, 6) is 0.478. The Bertz CT molecular complexity index is 788. The molecule has 4 N–H and O–H groups in total. The van der Waals surface area contributed by atoms with Crippen molar-refractivity contribution in [2.75, 3.05) is 18.5 Å². The van der Waals surface area contributed by atoms with Crippen LogP contribution in [0.5, 0.6) is 0 Å². The molecular weight excluding hydrogens is 342 g/mol. The second kappa shape index (κ2) is 7.29. The number of aryl methyl sites for hydroxylation is 2. The summed E-state index contributed by atoms with van der Waals surface area (Å²) in [6.45, 7) is 3.30. The molecule has 0 radical (unpaired) electrons. The normalized spacial score (nSPS) is 24.3. The number of rotatable bonds is 6. The molecule has 0 bridgehead atoms. The highest BCUT2D eigenvalue weighted by Gasteiger charge is 2.36. The number of aromatic nitrogens is 1. The van der Waals surface area contributed by atoms with Crippen LogP contribution in [0.2, 0.25) is 0 Å². The van der Waals surface area contributed by atoms with E-state index in [9.17, 15) is 5.11 Å². The fraction of sp³-hybridized carbons (Fsp3) is 0.571. The van der Waals surface area contributed by atoms with Crippen LogP contribution < -0.4 is 11.1 Å². The molecule has 0 aliphatic heterocycles. The van der Waals surface area contributed by atoms with Gasteiger partial charge in [0, 0.05) is 12.1 Å². The number of anilines is 1. The van der Waals surface area contributed by atoms with Crippen LogP contribution in [0.25, 0.3) is 10.4 Å². The predicted octanol–water partition coefficient (Wildman–Crippen LogP) is 4.08. The van der Waals surface area contributed by atoms with Crippen molar-refractivity contribution in [1.29, 1.82) is 0 Å². The highest BCUT2D eigenvalue weighted by Crippen LogP contribution is 2.43. The minimum Gasteiger partial charge on any atom is -0.394 e. The van der Waals surface area contributed by atoms with Gasteiger partial charge in [-0.1, -0.05) is 42.9 Å². The Hall–Kier alpha value is -1.43. The van der Waals surface area contributed by atoms with Gasteiger partial charge in [-0.25, -0.2) is 4.98 Å². The molecule has 5 heteroatoms. The van der Waals surface area contributed by atoms with Gasteiger partial charge in [0.25, 0.3) is 0 Å². The zero-order valence-corrected chi connectivity index (χ0v) is 16.4. The van der Waals surface area contributed by atoms with Gasteiger partial charge in [0.15, 0.2) is 5.13 Å². The number of unbranched alkanes of at least 4 members (excludes halogenated alkanes) is 1. The molecule has 2 aliphatic rings. The van der Waals surface area contributed by atoms with Gasteiger partial charge in [0.05, 0.1) is 17.2 Å². The summed E-state index contributed by atoms with van der Waals surface area (Å²) < 4.78 is 0. The number of nitrogens with one attached hydrogen (secondary N) is 1. The molecule has 2 aliphatic carbocycles. The Labute approximate surface area is 159 Å². The summed E-state index contributed by atoms with van der Waals surface area (Å²) in [5.41, 5.74) is 11.3. The standard InChI is InChI=1S/C21H29N3OS/c1-2-3-10-23-20-24-18-7-5-15-11-14(4-6-17(15)19(18)26-20)16-8-9-21(22,12-16)13-25/h4,6,11,16,25H,2-3,5,7-10,12-13,22H2,1H3,(H,23,24)/t16-,21+/m0/s1. The maximum atomic E-state index is 9.53. The third-order valence-electron chi connectivity index (χ3n) is 5.94. The average Bonchev–Trinajstić information content (AvgIpc) is 3.25. The van der Waals surface area contributed by atoms with E-state index >= 15 is 0 Å². The first-order valence-corrected chi connectivity index (χ1v) is 10.7. The number of fused-ring (bicyclic) bond motifs is 3. The summed E-state index contributed by atoms with van der Waals surface area (Å²) >= 11 is 1.79. The lowest BCUT2D eigenvalue weighted by Gasteiger charge is -2.22. The minimum absolute atomic E-state index is 0.0898. The Kier molecular flexibility index (Phi) is 5.04. The van der Waals surface area contributed by atoms with Crippen molar-refractivity contribution in [3.8, 4) is 10.4 Å². The monoisotopic (exact) mass is 371 g/mol. The minimum atomic E-state index is -0.384. The molecule has 1 aromatic carbocycles. The highest BCUT2D eigenvalue weighted by atomic mass is 32.1. The lowest BCUT2D eigenvalue weighted by Crippen LogP contribution is -2.40. The Morgan fingerprint density at radius 2 is 2.27 bits per heavy atom. The van der Waals surface area contributed by atoms with Gasteiger partial charge in [-0.2, -0.15) is 0 Å². The predicted molar refractivity (Wildman–Crippen MR) is 109 cm³/mol. The van der Waals surface area contributed by atoms with E-state index in [1.807, 2.05) is 0 Å². The van der Waals surface area contributed by atoms with E-state index in [0.29, 0.717) is 5.92 Å². The van der Waals surface area contributed by atoms with Gasteiger partial charge in [-0.3, -0.25) is 0 Å². The van der Waals surface area contributed by atoms with Gasteiger partial charge < -0.3 is 16.2 Å². The molecule has 1 heterocycles. The summed E-state index contributed by atoms with van der Waals surface area (Å²) in [5, 5.41) is 14.1. The zero-order valence-electron chi connectivity index (χ0n) is 15.6.